The van der Waals surface area contributed by atoms with Crippen LogP contribution < -0.4 is 4.74 Å². The average molecular weight is 652 g/mol. The standard InChI is InChI=1S/C32H30F5NO6S/c33-23-10-14-25(15-11-23)45(42,43)31(16-17-38(19-31)29(39)20-4-6-21(7-5-20)30(40)41)22-8-12-24(13-9-22)44-18-26-27(32(35,36)37)2-1-3-28(26)34/h1-3,8-15,20-21H,4-7,16-19H2,(H,40,41)/t20-,21-,31-/m0/s1. The van der Waals surface area contributed by atoms with Gasteiger partial charge in [-0.3, -0.25) is 9.59 Å². The molecule has 1 heterocycles. The molecule has 5 rings (SSSR count). The number of nitrogens with zero attached hydrogens (tertiary/aromatic N) is 1. The van der Waals surface area contributed by atoms with Crippen molar-refractivity contribution >= 4 is 21.7 Å². The van der Waals surface area contributed by atoms with Crippen LogP contribution in [0.25, 0.3) is 0 Å². The molecule has 1 N–H and O–H groups in total. The summed E-state index contributed by atoms with van der Waals surface area (Å²) in [6, 6.07) is 12.5. The number of carbonyl (C=O) groups excluding carboxylic acids is 1. The third kappa shape index (κ3) is 6.40. The van der Waals surface area contributed by atoms with E-state index in [-0.39, 0.29) is 41.6 Å². The van der Waals surface area contributed by atoms with Crippen molar-refractivity contribution in [2.24, 2.45) is 11.8 Å². The van der Waals surface area contributed by atoms with Gasteiger partial charge in [-0.1, -0.05) is 18.2 Å². The second kappa shape index (κ2) is 12.4. The number of carboxylic acid groups (broad SMARTS) is 1. The Kier molecular flexibility index (Phi) is 8.94. The maximum atomic E-state index is 14.3. The molecule has 2 fully saturated rings. The first-order chi connectivity index (χ1) is 21.2. The largest absolute Gasteiger partial charge is 0.489 e. The fourth-order valence-corrected chi connectivity index (χ4v) is 8.32. The maximum absolute atomic E-state index is 14.3. The number of halogens is 5. The summed E-state index contributed by atoms with van der Waals surface area (Å²) in [7, 11) is -4.24. The van der Waals surface area contributed by atoms with Gasteiger partial charge in [0.2, 0.25) is 5.91 Å². The number of rotatable bonds is 8. The molecule has 0 aromatic heterocycles. The molecule has 1 amide bonds. The minimum Gasteiger partial charge on any atom is -0.489 e. The molecule has 13 heteroatoms. The third-order valence-corrected chi connectivity index (χ3v) is 11.3. The first kappa shape index (κ1) is 32.4. The van der Waals surface area contributed by atoms with E-state index in [1.165, 1.54) is 29.2 Å². The predicted octanol–water partition coefficient (Wildman–Crippen LogP) is 6.36. The number of likely N-dealkylation sites (tertiary alicyclic amines) is 1. The Balaban J connectivity index is 1.42. The van der Waals surface area contributed by atoms with Crippen LogP contribution in [0, 0.1) is 23.5 Å². The van der Waals surface area contributed by atoms with Crippen molar-refractivity contribution in [3.8, 4) is 5.75 Å². The smallest absolute Gasteiger partial charge is 0.416 e. The quantitative estimate of drug-likeness (QED) is 0.225. The number of benzene rings is 3. The van der Waals surface area contributed by atoms with Gasteiger partial charge in [0.25, 0.3) is 0 Å². The van der Waals surface area contributed by atoms with Crippen molar-refractivity contribution in [2.75, 3.05) is 13.1 Å². The van der Waals surface area contributed by atoms with E-state index in [1.807, 2.05) is 0 Å². The lowest BCUT2D eigenvalue weighted by molar-refractivity contribution is -0.145. The summed E-state index contributed by atoms with van der Waals surface area (Å²) in [6.45, 7) is -0.842. The van der Waals surface area contributed by atoms with Gasteiger partial charge in [-0.05, 0) is 86.2 Å². The van der Waals surface area contributed by atoms with Crippen LogP contribution in [0.1, 0.15) is 48.8 Å². The van der Waals surface area contributed by atoms with Gasteiger partial charge in [0.1, 0.15) is 28.7 Å². The Bertz CT molecular complexity index is 1670. The van der Waals surface area contributed by atoms with Crippen molar-refractivity contribution in [1.29, 1.82) is 0 Å². The Morgan fingerprint density at radius 3 is 2.13 bits per heavy atom. The zero-order chi connectivity index (χ0) is 32.6. The molecular weight excluding hydrogens is 621 g/mol. The molecule has 240 valence electrons. The fourth-order valence-electron chi connectivity index (χ4n) is 6.25. The zero-order valence-electron chi connectivity index (χ0n) is 23.9. The Morgan fingerprint density at radius 1 is 0.911 bits per heavy atom. The van der Waals surface area contributed by atoms with Gasteiger partial charge in [-0.2, -0.15) is 13.2 Å². The molecular formula is C32H30F5NO6S. The highest BCUT2D eigenvalue weighted by Gasteiger charge is 2.52. The van der Waals surface area contributed by atoms with Crippen LogP contribution in [0.3, 0.4) is 0 Å². The number of hydrogen-bond donors (Lipinski definition) is 1. The molecule has 1 saturated heterocycles. The van der Waals surface area contributed by atoms with E-state index in [1.54, 1.807) is 0 Å². The van der Waals surface area contributed by atoms with E-state index in [0.717, 1.165) is 42.5 Å². The van der Waals surface area contributed by atoms with Gasteiger partial charge < -0.3 is 14.7 Å². The van der Waals surface area contributed by atoms with Gasteiger partial charge in [-0.15, -0.1) is 0 Å². The summed E-state index contributed by atoms with van der Waals surface area (Å²) in [5.41, 5.74) is -1.56. The van der Waals surface area contributed by atoms with Crippen molar-refractivity contribution in [3.63, 3.8) is 0 Å². The van der Waals surface area contributed by atoms with Gasteiger partial charge in [0.05, 0.1) is 16.4 Å². The number of carbonyl (C=O) groups is 2. The molecule has 0 bridgehead atoms. The molecule has 1 aliphatic heterocycles. The second-order valence-corrected chi connectivity index (χ2v) is 13.7. The lowest BCUT2D eigenvalue weighted by Gasteiger charge is -2.32. The maximum Gasteiger partial charge on any atom is 0.416 e. The van der Waals surface area contributed by atoms with Gasteiger partial charge in [-0.25, -0.2) is 17.2 Å². The topological polar surface area (TPSA) is 101 Å². The predicted molar refractivity (Wildman–Crippen MR) is 152 cm³/mol. The van der Waals surface area contributed by atoms with Gasteiger partial charge in [0.15, 0.2) is 9.84 Å². The summed E-state index contributed by atoms with van der Waals surface area (Å²) in [5.74, 6) is -3.80. The summed E-state index contributed by atoms with van der Waals surface area (Å²) in [6.07, 6.45) is -3.36. The summed E-state index contributed by atoms with van der Waals surface area (Å²) in [5, 5.41) is 9.30. The Labute approximate surface area is 256 Å². The minimum absolute atomic E-state index is 0.00724. The number of aliphatic carboxylic acids is 1. The summed E-state index contributed by atoms with van der Waals surface area (Å²) < 4.78 is 100. The number of amides is 1. The van der Waals surface area contributed by atoms with Crippen LogP contribution in [0.5, 0.6) is 5.75 Å². The monoisotopic (exact) mass is 651 g/mol. The molecule has 45 heavy (non-hydrogen) atoms. The highest BCUT2D eigenvalue weighted by atomic mass is 32.2. The fraction of sp³-hybridized carbons (Fsp3) is 0.375. The average Bonchev–Trinajstić information content (AvgIpc) is 3.47. The van der Waals surface area contributed by atoms with E-state index < -0.39 is 67.9 Å². The van der Waals surface area contributed by atoms with Crippen LogP contribution in [0.2, 0.25) is 0 Å². The number of sulfone groups is 1. The SMILES string of the molecule is O=C(O)[C@H]1CC[C@H](C(=O)N2CC[C@](c3ccc(OCc4c(F)cccc4C(F)(F)F)cc3)(S(=O)(=O)c3ccc(F)cc3)C2)CC1. The highest BCUT2D eigenvalue weighted by molar-refractivity contribution is 7.92. The highest BCUT2D eigenvalue weighted by Crippen LogP contribution is 2.45. The molecule has 7 nitrogen and oxygen atoms in total. The molecule has 0 radical (unpaired) electrons. The lowest BCUT2D eigenvalue weighted by Crippen LogP contribution is -2.42. The minimum atomic E-state index is -4.80. The first-order valence-corrected chi connectivity index (χ1v) is 15.8. The molecule has 1 saturated carbocycles. The number of ether oxygens (including phenoxy) is 1. The van der Waals surface area contributed by atoms with E-state index in [2.05, 4.69) is 0 Å². The summed E-state index contributed by atoms with van der Waals surface area (Å²) in [4.78, 5) is 26.2. The normalized spacial score (nSPS) is 22.3. The second-order valence-electron chi connectivity index (χ2n) is 11.4. The number of carboxylic acids is 1. The Hall–Kier alpha value is -4.00. The first-order valence-electron chi connectivity index (χ1n) is 14.3. The third-order valence-electron chi connectivity index (χ3n) is 8.80. The van der Waals surface area contributed by atoms with Gasteiger partial charge >= 0.3 is 12.1 Å². The molecule has 2 aliphatic rings. The van der Waals surface area contributed by atoms with Crippen LogP contribution in [0.15, 0.2) is 71.6 Å². The molecule has 3 aromatic carbocycles. The van der Waals surface area contributed by atoms with Crippen LogP contribution >= 0.6 is 0 Å². The van der Waals surface area contributed by atoms with Crippen molar-refractivity contribution in [1.82, 2.24) is 4.90 Å². The van der Waals surface area contributed by atoms with Crippen molar-refractivity contribution in [2.45, 2.75) is 54.5 Å². The molecule has 1 aliphatic carbocycles. The number of hydrogen-bond acceptors (Lipinski definition) is 5. The molecule has 0 spiro atoms. The van der Waals surface area contributed by atoms with Crippen LogP contribution in [0.4, 0.5) is 22.0 Å². The number of alkyl halides is 3. The molecule has 0 unspecified atom stereocenters. The lowest BCUT2D eigenvalue weighted by atomic mass is 9.81. The van der Waals surface area contributed by atoms with E-state index in [0.29, 0.717) is 25.7 Å². The van der Waals surface area contributed by atoms with Crippen molar-refractivity contribution in [3.05, 3.63) is 95.1 Å². The van der Waals surface area contributed by atoms with Gasteiger partial charge in [0, 0.05) is 24.6 Å². The summed E-state index contributed by atoms with van der Waals surface area (Å²) >= 11 is 0. The van der Waals surface area contributed by atoms with Crippen molar-refractivity contribution < 1.29 is 49.8 Å². The van der Waals surface area contributed by atoms with E-state index in [4.69, 9.17) is 4.74 Å². The molecule has 3 aromatic rings. The Morgan fingerprint density at radius 2 is 1.53 bits per heavy atom. The van der Waals surface area contributed by atoms with Crippen LogP contribution in [-0.2, 0) is 37.0 Å². The van der Waals surface area contributed by atoms with Crippen LogP contribution in [-0.4, -0.2) is 43.4 Å². The van der Waals surface area contributed by atoms with E-state index in [9.17, 15) is 45.1 Å². The molecule has 1 atom stereocenters. The van der Waals surface area contributed by atoms with E-state index >= 15 is 0 Å². The zero-order valence-corrected chi connectivity index (χ0v) is 24.7.